The molecule has 102 valence electrons. The number of nitrogens with one attached hydrogen (secondary N) is 1. The molecule has 2 rings (SSSR count). The lowest BCUT2D eigenvalue weighted by Gasteiger charge is -2.22. The molecule has 1 saturated carbocycles. The molecule has 0 saturated heterocycles. The number of rotatable bonds is 4. The second kappa shape index (κ2) is 5.87. The van der Waals surface area contributed by atoms with Crippen LogP contribution in [0.1, 0.15) is 64.6 Å². The summed E-state index contributed by atoms with van der Waals surface area (Å²) in [5.41, 5.74) is 1.42. The average molecular weight is 249 g/mol. The van der Waals surface area contributed by atoms with Crippen LogP contribution in [0.4, 0.5) is 0 Å². The number of nitrogens with zero attached hydrogens (tertiary/aromatic N) is 2. The molecule has 1 aromatic rings. The van der Waals surface area contributed by atoms with Crippen molar-refractivity contribution in [3.05, 3.63) is 18.0 Å². The van der Waals surface area contributed by atoms with Crippen molar-refractivity contribution in [3.8, 4) is 0 Å². The van der Waals surface area contributed by atoms with E-state index in [9.17, 15) is 0 Å². The Balaban J connectivity index is 1.82. The van der Waals surface area contributed by atoms with Gasteiger partial charge in [0.1, 0.15) is 0 Å². The van der Waals surface area contributed by atoms with Crippen molar-refractivity contribution >= 4 is 0 Å². The summed E-state index contributed by atoms with van der Waals surface area (Å²) in [5.74, 6) is 0. The fourth-order valence-electron chi connectivity index (χ4n) is 2.63. The van der Waals surface area contributed by atoms with Gasteiger partial charge >= 0.3 is 0 Å². The van der Waals surface area contributed by atoms with Gasteiger partial charge in [0.25, 0.3) is 0 Å². The van der Waals surface area contributed by atoms with Crippen LogP contribution in [0, 0.1) is 0 Å². The first-order valence-corrected chi connectivity index (χ1v) is 7.34. The minimum atomic E-state index is 0.200. The summed E-state index contributed by atoms with van der Waals surface area (Å²) in [5, 5.41) is 8.24. The molecule has 1 aliphatic carbocycles. The fourth-order valence-corrected chi connectivity index (χ4v) is 2.63. The topological polar surface area (TPSA) is 29.9 Å². The van der Waals surface area contributed by atoms with E-state index in [0.717, 1.165) is 13.0 Å². The van der Waals surface area contributed by atoms with Crippen LogP contribution in [0.15, 0.2) is 12.3 Å². The molecular weight excluding hydrogens is 222 g/mol. The predicted molar refractivity (Wildman–Crippen MR) is 75.8 cm³/mol. The van der Waals surface area contributed by atoms with E-state index in [-0.39, 0.29) is 5.54 Å². The number of aromatic nitrogens is 2. The van der Waals surface area contributed by atoms with Crippen LogP contribution in [-0.2, 0) is 6.42 Å². The quantitative estimate of drug-likeness (QED) is 0.887. The molecule has 0 atom stereocenters. The van der Waals surface area contributed by atoms with E-state index in [1.807, 2.05) is 0 Å². The van der Waals surface area contributed by atoms with Crippen molar-refractivity contribution in [2.24, 2.45) is 0 Å². The van der Waals surface area contributed by atoms with Crippen molar-refractivity contribution in [2.75, 3.05) is 6.54 Å². The highest BCUT2D eigenvalue weighted by molar-refractivity contribution is 5.01. The van der Waals surface area contributed by atoms with Crippen LogP contribution >= 0.6 is 0 Å². The molecule has 18 heavy (non-hydrogen) atoms. The molecule has 0 spiro atoms. The van der Waals surface area contributed by atoms with Crippen LogP contribution in [0.3, 0.4) is 0 Å². The largest absolute Gasteiger partial charge is 0.312 e. The van der Waals surface area contributed by atoms with Gasteiger partial charge in [-0.05, 0) is 39.7 Å². The van der Waals surface area contributed by atoms with E-state index >= 15 is 0 Å². The van der Waals surface area contributed by atoms with Gasteiger partial charge < -0.3 is 5.32 Å². The summed E-state index contributed by atoms with van der Waals surface area (Å²) in [6.45, 7) is 7.61. The Morgan fingerprint density at radius 1 is 1.28 bits per heavy atom. The highest BCUT2D eigenvalue weighted by atomic mass is 15.3. The monoisotopic (exact) mass is 249 g/mol. The molecule has 1 heterocycles. The van der Waals surface area contributed by atoms with E-state index in [4.69, 9.17) is 5.10 Å². The lowest BCUT2D eigenvalue weighted by Crippen LogP contribution is -2.37. The number of hydrogen-bond donors (Lipinski definition) is 1. The maximum atomic E-state index is 4.73. The Hall–Kier alpha value is -0.830. The van der Waals surface area contributed by atoms with E-state index in [1.54, 1.807) is 0 Å². The molecular formula is C15H27N3. The van der Waals surface area contributed by atoms with Gasteiger partial charge in [-0.15, -0.1) is 0 Å². The molecule has 0 unspecified atom stereocenters. The second-order valence-electron chi connectivity index (χ2n) is 6.51. The molecule has 0 bridgehead atoms. The molecule has 1 aliphatic rings. The normalized spacial score (nSPS) is 18.2. The first-order valence-electron chi connectivity index (χ1n) is 7.34. The fraction of sp³-hybridized carbons (Fsp3) is 0.800. The predicted octanol–water partition coefficient (Wildman–Crippen LogP) is 3.32. The summed E-state index contributed by atoms with van der Waals surface area (Å²) in [7, 11) is 0. The number of hydrogen-bond acceptors (Lipinski definition) is 2. The Morgan fingerprint density at radius 2 is 2.00 bits per heavy atom. The van der Waals surface area contributed by atoms with Crippen LogP contribution in [0.2, 0.25) is 0 Å². The minimum Gasteiger partial charge on any atom is -0.312 e. The molecule has 0 aliphatic heterocycles. The van der Waals surface area contributed by atoms with Gasteiger partial charge in [0.15, 0.2) is 0 Å². The highest BCUT2D eigenvalue weighted by Crippen LogP contribution is 2.27. The first kappa shape index (κ1) is 13.6. The van der Waals surface area contributed by atoms with Crippen molar-refractivity contribution in [1.29, 1.82) is 0 Å². The van der Waals surface area contributed by atoms with Crippen LogP contribution < -0.4 is 5.32 Å². The third kappa shape index (κ3) is 4.13. The van der Waals surface area contributed by atoms with E-state index in [1.165, 1.54) is 37.8 Å². The molecule has 3 heteroatoms. The molecule has 0 radical (unpaired) electrons. The van der Waals surface area contributed by atoms with Gasteiger partial charge in [-0.25, -0.2) is 0 Å². The maximum Gasteiger partial charge on any atom is 0.0637 e. The molecule has 3 nitrogen and oxygen atoms in total. The summed E-state index contributed by atoms with van der Waals surface area (Å²) in [6, 6.07) is 2.84. The van der Waals surface area contributed by atoms with Gasteiger partial charge in [-0.2, -0.15) is 5.10 Å². The smallest absolute Gasteiger partial charge is 0.0637 e. The lowest BCUT2D eigenvalue weighted by atomic mass is 9.96. The molecule has 0 aromatic carbocycles. The zero-order valence-corrected chi connectivity index (χ0v) is 12.1. The highest BCUT2D eigenvalue weighted by Gasteiger charge is 2.16. The molecule has 0 amide bonds. The zero-order chi connectivity index (χ0) is 13.0. The lowest BCUT2D eigenvalue weighted by molar-refractivity contribution is 0.327. The SMILES string of the molecule is CC(C)(C)NCCc1ccn(C2CCCCC2)n1. The van der Waals surface area contributed by atoms with Crippen molar-refractivity contribution in [1.82, 2.24) is 15.1 Å². The molecule has 1 fully saturated rings. The van der Waals surface area contributed by atoms with Gasteiger partial charge in [0.2, 0.25) is 0 Å². The Morgan fingerprint density at radius 3 is 2.67 bits per heavy atom. The van der Waals surface area contributed by atoms with Crippen molar-refractivity contribution < 1.29 is 0 Å². The van der Waals surface area contributed by atoms with E-state index in [0.29, 0.717) is 6.04 Å². The average Bonchev–Trinajstić information content (AvgIpc) is 2.77. The van der Waals surface area contributed by atoms with E-state index < -0.39 is 0 Å². The van der Waals surface area contributed by atoms with Gasteiger partial charge in [-0.3, -0.25) is 4.68 Å². The first-order chi connectivity index (χ1) is 8.54. The van der Waals surface area contributed by atoms with Crippen molar-refractivity contribution in [2.45, 2.75) is 70.9 Å². The standard InChI is InChI=1S/C15H27N3/c1-15(2,3)16-11-9-13-10-12-18(17-13)14-7-5-4-6-8-14/h10,12,14,16H,4-9,11H2,1-3H3. The third-order valence-electron chi connectivity index (χ3n) is 3.65. The zero-order valence-electron chi connectivity index (χ0n) is 12.1. The van der Waals surface area contributed by atoms with Gasteiger partial charge in [0, 0.05) is 24.7 Å². The third-order valence-corrected chi connectivity index (χ3v) is 3.65. The maximum absolute atomic E-state index is 4.73. The van der Waals surface area contributed by atoms with Gasteiger partial charge in [0.05, 0.1) is 11.7 Å². The Labute approximate surface area is 111 Å². The van der Waals surface area contributed by atoms with Crippen LogP contribution in [0.25, 0.3) is 0 Å². The van der Waals surface area contributed by atoms with E-state index in [2.05, 4.69) is 43.0 Å². The summed E-state index contributed by atoms with van der Waals surface area (Å²) in [4.78, 5) is 0. The second-order valence-corrected chi connectivity index (χ2v) is 6.51. The summed E-state index contributed by atoms with van der Waals surface area (Å²) in [6.07, 6.45) is 9.94. The summed E-state index contributed by atoms with van der Waals surface area (Å²) < 4.78 is 2.20. The molecule has 1 N–H and O–H groups in total. The van der Waals surface area contributed by atoms with Gasteiger partial charge in [-0.1, -0.05) is 19.3 Å². The van der Waals surface area contributed by atoms with Crippen molar-refractivity contribution in [3.63, 3.8) is 0 Å². The Bertz CT molecular complexity index is 356. The molecule has 1 aromatic heterocycles. The Kier molecular flexibility index (Phi) is 4.44. The minimum absolute atomic E-state index is 0.200. The van der Waals surface area contributed by atoms with Crippen LogP contribution in [0.5, 0.6) is 0 Å². The summed E-state index contributed by atoms with van der Waals surface area (Å²) >= 11 is 0. The van der Waals surface area contributed by atoms with Crippen LogP contribution in [-0.4, -0.2) is 21.9 Å².